The van der Waals surface area contributed by atoms with Crippen LogP contribution in [-0.4, -0.2) is 35.6 Å². The molecule has 176 valence electrons. The number of rotatable bonds is 7. The van der Waals surface area contributed by atoms with Crippen LogP contribution in [0.4, 0.5) is 18.9 Å². The molecule has 1 unspecified atom stereocenters. The van der Waals surface area contributed by atoms with Crippen LogP contribution in [0.2, 0.25) is 0 Å². The normalized spacial score (nSPS) is 23.0. The predicted octanol–water partition coefficient (Wildman–Crippen LogP) is 3.23. The van der Waals surface area contributed by atoms with Gasteiger partial charge in [0.25, 0.3) is 5.91 Å². The molecule has 1 saturated carbocycles. The van der Waals surface area contributed by atoms with Gasteiger partial charge in [0.2, 0.25) is 0 Å². The van der Waals surface area contributed by atoms with Crippen molar-refractivity contribution >= 4 is 23.6 Å². The second-order valence-corrected chi connectivity index (χ2v) is 8.97. The number of nitrogens with two attached hydrogens (primary N) is 2. The number of carbonyl (C=O) groups is 1. The molecule has 0 bridgehead atoms. The summed E-state index contributed by atoms with van der Waals surface area (Å²) in [5, 5.41) is 14.5. The minimum absolute atomic E-state index is 0.0280. The summed E-state index contributed by atoms with van der Waals surface area (Å²) < 4.78 is 38.1. The lowest BCUT2D eigenvalue weighted by atomic mass is 9.81. The summed E-state index contributed by atoms with van der Waals surface area (Å²) in [6.45, 7) is 6.28. The first kappa shape index (κ1) is 25.4. The molecule has 1 aliphatic carbocycles. The van der Waals surface area contributed by atoms with Crippen molar-refractivity contribution in [3.05, 3.63) is 41.6 Å². The van der Waals surface area contributed by atoms with Crippen molar-refractivity contribution in [1.82, 2.24) is 10.6 Å². The maximum absolute atomic E-state index is 12.7. The fraction of sp³-hybridized carbons (Fsp3) is 0.500. The smallest absolute Gasteiger partial charge is 0.387 e. The average Bonchev–Trinajstić information content (AvgIpc) is 2.67. The van der Waals surface area contributed by atoms with Gasteiger partial charge in [-0.1, -0.05) is 0 Å². The molecule has 0 saturated heterocycles. The number of hydrogen-bond donors (Lipinski definition) is 5. The molecule has 0 heterocycles. The minimum atomic E-state index is -4.46. The van der Waals surface area contributed by atoms with Crippen LogP contribution in [0.25, 0.3) is 0 Å². The van der Waals surface area contributed by atoms with E-state index in [1.165, 1.54) is 12.4 Å². The lowest BCUT2D eigenvalue weighted by Crippen LogP contribution is -2.50. The lowest BCUT2D eigenvalue weighted by molar-refractivity contribution is -0.137. The van der Waals surface area contributed by atoms with E-state index in [1.54, 1.807) is 0 Å². The molecule has 1 fully saturated rings. The third kappa shape index (κ3) is 7.37. The van der Waals surface area contributed by atoms with Gasteiger partial charge in [0, 0.05) is 36.0 Å². The number of aliphatic imine (C=N–C) groups is 1. The SMILES string of the molecule is CC(C)(C)N[C@H]1CCC(N/C=C(/C(N)=O)C(N)=Nc2ccc(C(F)(F)F)cc2)[C@@H](C=N)C1. The van der Waals surface area contributed by atoms with E-state index >= 15 is 0 Å². The van der Waals surface area contributed by atoms with Gasteiger partial charge < -0.3 is 27.5 Å². The van der Waals surface area contributed by atoms with E-state index in [0.717, 1.165) is 43.5 Å². The molecule has 1 aliphatic rings. The summed E-state index contributed by atoms with van der Waals surface area (Å²) in [6.07, 6.45) is 0.756. The molecule has 32 heavy (non-hydrogen) atoms. The highest BCUT2D eigenvalue weighted by Crippen LogP contribution is 2.30. The van der Waals surface area contributed by atoms with Gasteiger partial charge in [0.15, 0.2) is 0 Å². The Morgan fingerprint density at radius 1 is 1.16 bits per heavy atom. The number of amidine groups is 1. The second-order valence-electron chi connectivity index (χ2n) is 8.97. The van der Waals surface area contributed by atoms with E-state index in [4.69, 9.17) is 16.9 Å². The quantitative estimate of drug-likeness (QED) is 0.247. The van der Waals surface area contributed by atoms with Crippen molar-refractivity contribution in [2.45, 2.75) is 63.8 Å². The number of nitrogens with zero attached hydrogens (tertiary/aromatic N) is 1. The van der Waals surface area contributed by atoms with Crippen LogP contribution in [0.5, 0.6) is 0 Å². The van der Waals surface area contributed by atoms with Crippen molar-refractivity contribution in [3.8, 4) is 0 Å². The first-order valence-corrected chi connectivity index (χ1v) is 10.4. The molecular formula is C22H31F3N6O. The lowest BCUT2D eigenvalue weighted by Gasteiger charge is -2.38. The fourth-order valence-corrected chi connectivity index (χ4v) is 3.73. The van der Waals surface area contributed by atoms with Crippen LogP contribution < -0.4 is 22.1 Å². The van der Waals surface area contributed by atoms with E-state index in [9.17, 15) is 18.0 Å². The zero-order chi connectivity index (χ0) is 24.1. The van der Waals surface area contributed by atoms with Gasteiger partial charge in [-0.25, -0.2) is 4.99 Å². The number of halogens is 3. The molecule has 0 aromatic heterocycles. The summed E-state index contributed by atoms with van der Waals surface area (Å²) in [7, 11) is 0. The largest absolute Gasteiger partial charge is 0.416 e. The van der Waals surface area contributed by atoms with E-state index < -0.39 is 17.6 Å². The fourth-order valence-electron chi connectivity index (χ4n) is 3.73. The molecule has 1 aromatic carbocycles. The first-order valence-electron chi connectivity index (χ1n) is 10.4. The topological polar surface area (TPSA) is 129 Å². The predicted molar refractivity (Wildman–Crippen MR) is 120 cm³/mol. The van der Waals surface area contributed by atoms with Crippen molar-refractivity contribution < 1.29 is 18.0 Å². The Labute approximate surface area is 186 Å². The number of nitrogens with one attached hydrogen (secondary N) is 3. The first-order chi connectivity index (χ1) is 14.8. The third-order valence-corrected chi connectivity index (χ3v) is 5.18. The monoisotopic (exact) mass is 452 g/mol. The highest BCUT2D eigenvalue weighted by molar-refractivity contribution is 6.20. The summed E-state index contributed by atoms with van der Waals surface area (Å²) in [6, 6.07) is 4.30. The van der Waals surface area contributed by atoms with Crippen LogP contribution in [0.3, 0.4) is 0 Å². The summed E-state index contributed by atoms with van der Waals surface area (Å²) >= 11 is 0. The standard InChI is InChI=1S/C22H31F3N6O/c1-21(2,3)31-16-8-9-18(13(10-16)11-26)29-12-17(20(28)32)19(27)30-15-6-4-14(5-7-15)22(23,24)25/h4-7,11-13,16,18,26,29,31H,8-10H2,1-3H3,(H2,27,30)(H2,28,32)/b17-12+,26-11?/t13-,16+,18?/m1/s1. The Hall–Kier alpha value is -2.88. The van der Waals surface area contributed by atoms with Crippen molar-refractivity contribution in [1.29, 1.82) is 5.41 Å². The van der Waals surface area contributed by atoms with Gasteiger partial charge in [-0.3, -0.25) is 4.79 Å². The van der Waals surface area contributed by atoms with E-state index in [2.05, 4.69) is 36.4 Å². The maximum atomic E-state index is 12.7. The van der Waals surface area contributed by atoms with Crippen molar-refractivity contribution in [2.24, 2.45) is 22.4 Å². The molecule has 10 heteroatoms. The van der Waals surface area contributed by atoms with Crippen LogP contribution in [-0.2, 0) is 11.0 Å². The molecular weight excluding hydrogens is 421 g/mol. The van der Waals surface area contributed by atoms with E-state index in [1.807, 2.05) is 0 Å². The molecule has 7 nitrogen and oxygen atoms in total. The molecule has 1 aromatic rings. The molecule has 2 rings (SSSR count). The number of benzene rings is 1. The zero-order valence-electron chi connectivity index (χ0n) is 18.5. The highest BCUT2D eigenvalue weighted by atomic mass is 19.4. The Kier molecular flexibility index (Phi) is 8.06. The van der Waals surface area contributed by atoms with Gasteiger partial charge in [0.05, 0.1) is 16.8 Å². The number of alkyl halides is 3. The maximum Gasteiger partial charge on any atom is 0.416 e. The Morgan fingerprint density at radius 3 is 2.28 bits per heavy atom. The number of primary amides is 1. The Morgan fingerprint density at radius 2 is 1.78 bits per heavy atom. The number of carbonyl (C=O) groups excluding carboxylic acids is 1. The number of amides is 1. The molecule has 7 N–H and O–H groups in total. The Bertz CT molecular complexity index is 871. The molecule has 0 spiro atoms. The van der Waals surface area contributed by atoms with Crippen LogP contribution in [0.1, 0.15) is 45.6 Å². The van der Waals surface area contributed by atoms with Crippen LogP contribution >= 0.6 is 0 Å². The third-order valence-electron chi connectivity index (χ3n) is 5.18. The van der Waals surface area contributed by atoms with Crippen molar-refractivity contribution in [2.75, 3.05) is 0 Å². The minimum Gasteiger partial charge on any atom is -0.387 e. The molecule has 0 radical (unpaired) electrons. The number of hydrogen-bond acceptors (Lipinski definition) is 5. The van der Waals surface area contributed by atoms with Crippen LogP contribution in [0, 0.1) is 11.3 Å². The zero-order valence-corrected chi connectivity index (χ0v) is 18.5. The highest BCUT2D eigenvalue weighted by Gasteiger charge is 2.31. The van der Waals surface area contributed by atoms with E-state index in [0.29, 0.717) is 0 Å². The second kappa shape index (κ2) is 10.2. The van der Waals surface area contributed by atoms with E-state index in [-0.39, 0.29) is 40.6 Å². The summed E-state index contributed by atoms with van der Waals surface area (Å²) in [5.41, 5.74) is 10.6. The Balaban J connectivity index is 2.13. The van der Waals surface area contributed by atoms with Gasteiger partial charge in [0.1, 0.15) is 5.84 Å². The van der Waals surface area contributed by atoms with Gasteiger partial charge >= 0.3 is 6.18 Å². The van der Waals surface area contributed by atoms with Gasteiger partial charge in [-0.15, -0.1) is 0 Å². The average molecular weight is 453 g/mol. The van der Waals surface area contributed by atoms with Gasteiger partial charge in [-0.05, 0) is 64.3 Å². The van der Waals surface area contributed by atoms with Crippen molar-refractivity contribution in [3.63, 3.8) is 0 Å². The van der Waals surface area contributed by atoms with Crippen LogP contribution in [0.15, 0.2) is 41.0 Å². The summed E-state index contributed by atoms with van der Waals surface area (Å²) in [4.78, 5) is 15.9. The molecule has 3 atom stereocenters. The molecule has 0 aliphatic heterocycles. The van der Waals surface area contributed by atoms with Gasteiger partial charge in [-0.2, -0.15) is 13.2 Å². The molecule has 1 amide bonds. The summed E-state index contributed by atoms with van der Waals surface area (Å²) in [5.74, 6) is -1.08.